The van der Waals surface area contributed by atoms with E-state index in [4.69, 9.17) is 5.73 Å². The van der Waals surface area contributed by atoms with Crippen molar-refractivity contribution < 1.29 is 0 Å². The lowest BCUT2D eigenvalue weighted by atomic mass is 10.0. The van der Waals surface area contributed by atoms with Gasteiger partial charge in [-0.2, -0.15) is 0 Å². The van der Waals surface area contributed by atoms with E-state index in [1.54, 1.807) is 0 Å². The van der Waals surface area contributed by atoms with Gasteiger partial charge in [-0.05, 0) is 16.7 Å². The molecule has 12 heavy (non-hydrogen) atoms. The highest BCUT2D eigenvalue weighted by Gasteiger charge is 1.99. The summed E-state index contributed by atoms with van der Waals surface area (Å²) in [4.78, 5) is 0. The number of rotatable bonds is 3. The third kappa shape index (κ3) is 1.46. The highest BCUT2D eigenvalue weighted by atomic mass is 14.5. The lowest BCUT2D eigenvalue weighted by Crippen LogP contribution is -1.99. The molecule has 0 heterocycles. The Hall–Kier alpha value is -1.34. The SMILES string of the molecule is C=Cc1cccc(CN)c1C=C. The van der Waals surface area contributed by atoms with Crippen molar-refractivity contribution >= 4 is 12.2 Å². The van der Waals surface area contributed by atoms with Gasteiger partial charge in [-0.3, -0.25) is 0 Å². The molecule has 1 nitrogen and oxygen atoms in total. The van der Waals surface area contributed by atoms with Crippen molar-refractivity contribution in [2.75, 3.05) is 0 Å². The zero-order valence-corrected chi connectivity index (χ0v) is 7.09. The average Bonchev–Trinajstić information content (AvgIpc) is 2.16. The van der Waals surface area contributed by atoms with Crippen molar-refractivity contribution in [2.45, 2.75) is 6.54 Å². The topological polar surface area (TPSA) is 26.0 Å². The van der Waals surface area contributed by atoms with Gasteiger partial charge in [-0.1, -0.05) is 43.5 Å². The third-order valence-electron chi connectivity index (χ3n) is 1.87. The first-order chi connectivity index (χ1) is 5.83. The normalized spacial score (nSPS) is 9.42. The summed E-state index contributed by atoms with van der Waals surface area (Å²) < 4.78 is 0. The Bertz CT molecular complexity index is 300. The maximum atomic E-state index is 5.57. The first kappa shape index (κ1) is 8.75. The van der Waals surface area contributed by atoms with E-state index in [2.05, 4.69) is 13.2 Å². The van der Waals surface area contributed by atoms with Crippen molar-refractivity contribution in [3.63, 3.8) is 0 Å². The standard InChI is InChI=1S/C11H13N/c1-3-9-6-5-7-10(8-12)11(9)4-2/h3-7H,1-2,8,12H2. The van der Waals surface area contributed by atoms with E-state index in [9.17, 15) is 0 Å². The van der Waals surface area contributed by atoms with Crippen molar-refractivity contribution in [2.24, 2.45) is 5.73 Å². The summed E-state index contributed by atoms with van der Waals surface area (Å²) >= 11 is 0. The summed E-state index contributed by atoms with van der Waals surface area (Å²) in [6.07, 6.45) is 3.63. The lowest BCUT2D eigenvalue weighted by Gasteiger charge is -2.05. The van der Waals surface area contributed by atoms with E-state index in [0.717, 1.165) is 16.7 Å². The summed E-state index contributed by atoms with van der Waals surface area (Å²) in [5.41, 5.74) is 8.86. The number of benzene rings is 1. The van der Waals surface area contributed by atoms with E-state index in [0.29, 0.717) is 6.54 Å². The monoisotopic (exact) mass is 159 g/mol. The largest absolute Gasteiger partial charge is 0.326 e. The second kappa shape index (κ2) is 3.88. The molecular formula is C11H13N. The van der Waals surface area contributed by atoms with Crippen LogP contribution in [0.4, 0.5) is 0 Å². The van der Waals surface area contributed by atoms with Crippen molar-refractivity contribution in [3.05, 3.63) is 48.0 Å². The zero-order valence-electron chi connectivity index (χ0n) is 7.09. The van der Waals surface area contributed by atoms with Crippen molar-refractivity contribution in [1.29, 1.82) is 0 Å². The maximum Gasteiger partial charge on any atom is 0.0184 e. The number of hydrogen-bond donors (Lipinski definition) is 1. The fraction of sp³-hybridized carbons (Fsp3) is 0.0909. The van der Waals surface area contributed by atoms with Gasteiger partial charge in [-0.15, -0.1) is 0 Å². The Balaban J connectivity index is 3.31. The molecule has 0 saturated heterocycles. The van der Waals surface area contributed by atoms with E-state index >= 15 is 0 Å². The van der Waals surface area contributed by atoms with E-state index in [1.165, 1.54) is 0 Å². The molecule has 1 aromatic carbocycles. The molecule has 0 bridgehead atoms. The molecule has 0 aliphatic carbocycles. The van der Waals surface area contributed by atoms with Gasteiger partial charge in [0, 0.05) is 6.54 Å². The fourth-order valence-electron chi connectivity index (χ4n) is 1.24. The summed E-state index contributed by atoms with van der Waals surface area (Å²) in [6.45, 7) is 8.02. The molecule has 0 aliphatic rings. The van der Waals surface area contributed by atoms with Crippen LogP contribution in [0.1, 0.15) is 16.7 Å². The van der Waals surface area contributed by atoms with Crippen LogP contribution in [-0.2, 0) is 6.54 Å². The molecule has 0 aliphatic heterocycles. The molecule has 0 atom stereocenters. The van der Waals surface area contributed by atoms with Crippen LogP contribution in [0.15, 0.2) is 31.4 Å². The van der Waals surface area contributed by atoms with Gasteiger partial charge in [0.25, 0.3) is 0 Å². The summed E-state index contributed by atoms with van der Waals surface area (Å²) in [5, 5.41) is 0. The lowest BCUT2D eigenvalue weighted by molar-refractivity contribution is 1.06. The van der Waals surface area contributed by atoms with E-state index in [-0.39, 0.29) is 0 Å². The number of nitrogens with two attached hydrogens (primary N) is 1. The molecule has 0 saturated carbocycles. The molecule has 0 aromatic heterocycles. The van der Waals surface area contributed by atoms with Crippen LogP contribution in [0.2, 0.25) is 0 Å². The summed E-state index contributed by atoms with van der Waals surface area (Å²) in [6, 6.07) is 5.99. The van der Waals surface area contributed by atoms with Crippen LogP contribution in [0.25, 0.3) is 12.2 Å². The molecule has 0 amide bonds. The van der Waals surface area contributed by atoms with E-state index < -0.39 is 0 Å². The van der Waals surface area contributed by atoms with Gasteiger partial charge >= 0.3 is 0 Å². The minimum absolute atomic E-state index is 0.545. The summed E-state index contributed by atoms with van der Waals surface area (Å²) in [5.74, 6) is 0. The van der Waals surface area contributed by atoms with Gasteiger partial charge in [0.2, 0.25) is 0 Å². The second-order valence-corrected chi connectivity index (χ2v) is 2.53. The van der Waals surface area contributed by atoms with Gasteiger partial charge in [0.05, 0.1) is 0 Å². The predicted molar refractivity (Wildman–Crippen MR) is 54.5 cm³/mol. The van der Waals surface area contributed by atoms with Gasteiger partial charge < -0.3 is 5.73 Å². The first-order valence-corrected chi connectivity index (χ1v) is 3.90. The smallest absolute Gasteiger partial charge is 0.0184 e. The Labute approximate surface area is 73.2 Å². The zero-order chi connectivity index (χ0) is 8.97. The van der Waals surface area contributed by atoms with Crippen LogP contribution in [0, 0.1) is 0 Å². The van der Waals surface area contributed by atoms with Crippen LogP contribution in [0.5, 0.6) is 0 Å². The molecule has 1 aromatic rings. The van der Waals surface area contributed by atoms with Crippen LogP contribution < -0.4 is 5.73 Å². The van der Waals surface area contributed by atoms with E-state index in [1.807, 2.05) is 30.4 Å². The Morgan fingerprint density at radius 1 is 1.25 bits per heavy atom. The molecule has 0 spiro atoms. The summed E-state index contributed by atoms with van der Waals surface area (Å²) in [7, 11) is 0. The molecule has 0 radical (unpaired) electrons. The minimum Gasteiger partial charge on any atom is -0.326 e. The highest BCUT2D eigenvalue weighted by molar-refractivity contribution is 5.66. The maximum absolute atomic E-state index is 5.57. The average molecular weight is 159 g/mol. The molecule has 62 valence electrons. The number of hydrogen-bond acceptors (Lipinski definition) is 1. The van der Waals surface area contributed by atoms with Crippen LogP contribution in [-0.4, -0.2) is 0 Å². The molecular weight excluding hydrogens is 146 g/mol. The molecule has 2 N–H and O–H groups in total. The quantitative estimate of drug-likeness (QED) is 0.720. The molecule has 0 fully saturated rings. The van der Waals surface area contributed by atoms with Gasteiger partial charge in [0.15, 0.2) is 0 Å². The predicted octanol–water partition coefficient (Wildman–Crippen LogP) is 2.43. The van der Waals surface area contributed by atoms with Crippen molar-refractivity contribution in [1.82, 2.24) is 0 Å². The van der Waals surface area contributed by atoms with Crippen LogP contribution >= 0.6 is 0 Å². The molecule has 0 unspecified atom stereocenters. The van der Waals surface area contributed by atoms with Gasteiger partial charge in [-0.25, -0.2) is 0 Å². The fourth-order valence-corrected chi connectivity index (χ4v) is 1.24. The third-order valence-corrected chi connectivity index (χ3v) is 1.87. The van der Waals surface area contributed by atoms with Gasteiger partial charge in [0.1, 0.15) is 0 Å². The Morgan fingerprint density at radius 3 is 2.50 bits per heavy atom. The molecule has 1 heteroatoms. The van der Waals surface area contributed by atoms with Crippen molar-refractivity contribution in [3.8, 4) is 0 Å². The molecule has 1 rings (SSSR count). The second-order valence-electron chi connectivity index (χ2n) is 2.53. The Morgan fingerprint density at radius 2 is 2.00 bits per heavy atom. The minimum atomic E-state index is 0.545. The van der Waals surface area contributed by atoms with Crippen LogP contribution in [0.3, 0.4) is 0 Å². The highest BCUT2D eigenvalue weighted by Crippen LogP contribution is 2.16. The Kier molecular flexibility index (Phi) is 2.83. The first-order valence-electron chi connectivity index (χ1n) is 3.90.